The average Bonchev–Trinajstić information content (AvgIpc) is 2.18. The lowest BCUT2D eigenvalue weighted by molar-refractivity contribution is 0.311. The molecule has 0 heterocycles. The van der Waals surface area contributed by atoms with Crippen molar-refractivity contribution in [2.24, 2.45) is 0 Å². The highest BCUT2D eigenvalue weighted by atomic mass is 35.5. The van der Waals surface area contributed by atoms with E-state index >= 15 is 0 Å². The van der Waals surface area contributed by atoms with Crippen molar-refractivity contribution in [3.05, 3.63) is 29.3 Å². The number of hydrogen-bond donors (Lipinski definition) is 0. The molecule has 0 amide bonds. The number of alkyl halides is 1. The van der Waals surface area contributed by atoms with Gasteiger partial charge in [0.1, 0.15) is 5.75 Å². The minimum atomic E-state index is 0.196. The van der Waals surface area contributed by atoms with Gasteiger partial charge in [-0.3, -0.25) is 0 Å². The SMILES string of the molecule is COc1ccc(C)cc1C(CCl)N(C)C. The Morgan fingerprint density at radius 2 is 2.07 bits per heavy atom. The van der Waals surface area contributed by atoms with Crippen molar-refractivity contribution in [1.29, 1.82) is 0 Å². The van der Waals surface area contributed by atoms with Crippen molar-refractivity contribution >= 4 is 11.6 Å². The van der Waals surface area contributed by atoms with E-state index in [1.54, 1.807) is 7.11 Å². The zero-order chi connectivity index (χ0) is 11.4. The number of methoxy groups -OCH3 is 1. The summed E-state index contributed by atoms with van der Waals surface area (Å²) in [6.07, 6.45) is 0. The van der Waals surface area contributed by atoms with E-state index in [4.69, 9.17) is 16.3 Å². The van der Waals surface area contributed by atoms with E-state index in [1.165, 1.54) is 5.56 Å². The van der Waals surface area contributed by atoms with Crippen LogP contribution in [0.3, 0.4) is 0 Å². The molecule has 15 heavy (non-hydrogen) atoms. The van der Waals surface area contributed by atoms with Crippen molar-refractivity contribution in [3.63, 3.8) is 0 Å². The van der Waals surface area contributed by atoms with Gasteiger partial charge in [-0.05, 0) is 27.1 Å². The smallest absolute Gasteiger partial charge is 0.123 e. The molecule has 0 saturated carbocycles. The Balaban J connectivity index is 3.13. The maximum Gasteiger partial charge on any atom is 0.123 e. The molecule has 0 aliphatic carbocycles. The van der Waals surface area contributed by atoms with Gasteiger partial charge >= 0.3 is 0 Å². The second-order valence-electron chi connectivity index (χ2n) is 3.88. The van der Waals surface area contributed by atoms with Gasteiger partial charge in [-0.2, -0.15) is 0 Å². The first-order valence-electron chi connectivity index (χ1n) is 4.97. The van der Waals surface area contributed by atoms with Gasteiger partial charge in [-0.15, -0.1) is 11.6 Å². The molecular formula is C12H18ClNO. The predicted molar refractivity (Wildman–Crippen MR) is 64.9 cm³/mol. The number of benzene rings is 1. The third-order valence-corrected chi connectivity index (χ3v) is 2.81. The summed E-state index contributed by atoms with van der Waals surface area (Å²) in [5, 5.41) is 0. The Labute approximate surface area is 96.8 Å². The third kappa shape index (κ3) is 2.86. The molecule has 1 rings (SSSR count). The van der Waals surface area contributed by atoms with Crippen LogP contribution < -0.4 is 4.74 Å². The van der Waals surface area contributed by atoms with Gasteiger partial charge in [0.15, 0.2) is 0 Å². The molecule has 0 aromatic heterocycles. The highest BCUT2D eigenvalue weighted by Crippen LogP contribution is 2.29. The molecule has 0 aliphatic rings. The Hall–Kier alpha value is -0.730. The number of rotatable bonds is 4. The molecule has 0 radical (unpaired) electrons. The van der Waals surface area contributed by atoms with Gasteiger partial charge in [0.25, 0.3) is 0 Å². The first-order chi connectivity index (χ1) is 7.10. The average molecular weight is 228 g/mol. The van der Waals surface area contributed by atoms with Gasteiger partial charge in [-0.1, -0.05) is 17.7 Å². The van der Waals surface area contributed by atoms with Crippen LogP contribution in [0.5, 0.6) is 5.75 Å². The topological polar surface area (TPSA) is 12.5 Å². The molecule has 3 heteroatoms. The maximum absolute atomic E-state index is 5.98. The molecule has 0 saturated heterocycles. The molecule has 2 nitrogen and oxygen atoms in total. The van der Waals surface area contributed by atoms with Gasteiger partial charge in [0.05, 0.1) is 13.2 Å². The predicted octanol–water partition coefficient (Wildman–Crippen LogP) is 2.85. The fourth-order valence-corrected chi connectivity index (χ4v) is 2.06. The Bertz CT molecular complexity index is 325. The third-order valence-electron chi connectivity index (χ3n) is 2.51. The van der Waals surface area contributed by atoms with E-state index in [0.29, 0.717) is 5.88 Å². The van der Waals surface area contributed by atoms with Crippen LogP contribution in [0.15, 0.2) is 18.2 Å². The zero-order valence-corrected chi connectivity index (χ0v) is 10.5. The summed E-state index contributed by atoms with van der Waals surface area (Å²) in [6, 6.07) is 6.37. The second-order valence-corrected chi connectivity index (χ2v) is 4.19. The molecule has 1 atom stereocenters. The lowest BCUT2D eigenvalue weighted by Crippen LogP contribution is -2.22. The van der Waals surface area contributed by atoms with Crippen LogP contribution in [-0.4, -0.2) is 32.0 Å². The second kappa shape index (κ2) is 5.38. The molecule has 0 bridgehead atoms. The summed E-state index contributed by atoms with van der Waals surface area (Å²) in [5.74, 6) is 1.47. The minimum absolute atomic E-state index is 0.196. The molecular weight excluding hydrogens is 210 g/mol. The summed E-state index contributed by atoms with van der Waals surface area (Å²) in [5.41, 5.74) is 2.38. The summed E-state index contributed by atoms with van der Waals surface area (Å²) >= 11 is 5.98. The van der Waals surface area contributed by atoms with Crippen LogP contribution >= 0.6 is 11.6 Å². The van der Waals surface area contributed by atoms with Gasteiger partial charge in [0, 0.05) is 11.4 Å². The molecule has 1 aromatic carbocycles. The van der Waals surface area contributed by atoms with E-state index in [-0.39, 0.29) is 6.04 Å². The van der Waals surface area contributed by atoms with Gasteiger partial charge in [0.2, 0.25) is 0 Å². The zero-order valence-electron chi connectivity index (χ0n) is 9.75. The summed E-state index contributed by atoms with van der Waals surface area (Å²) in [4.78, 5) is 2.10. The van der Waals surface area contributed by atoms with Gasteiger partial charge in [-0.25, -0.2) is 0 Å². The molecule has 0 fully saturated rings. The fraction of sp³-hybridized carbons (Fsp3) is 0.500. The van der Waals surface area contributed by atoms with Crippen LogP contribution in [0.4, 0.5) is 0 Å². The molecule has 0 aliphatic heterocycles. The highest BCUT2D eigenvalue weighted by Gasteiger charge is 2.17. The molecule has 0 N–H and O–H groups in total. The lowest BCUT2D eigenvalue weighted by atomic mass is 10.0. The molecule has 1 aromatic rings. The minimum Gasteiger partial charge on any atom is -0.496 e. The summed E-state index contributed by atoms with van der Waals surface area (Å²) in [7, 11) is 5.73. The lowest BCUT2D eigenvalue weighted by Gasteiger charge is -2.24. The molecule has 0 spiro atoms. The summed E-state index contributed by atoms with van der Waals surface area (Å²) < 4.78 is 5.35. The van der Waals surface area contributed by atoms with Crippen molar-refractivity contribution in [2.75, 3.05) is 27.1 Å². The van der Waals surface area contributed by atoms with E-state index < -0.39 is 0 Å². The monoisotopic (exact) mass is 227 g/mol. The number of aryl methyl sites for hydroxylation is 1. The molecule has 1 unspecified atom stereocenters. The van der Waals surface area contributed by atoms with Crippen molar-refractivity contribution < 1.29 is 4.74 Å². The van der Waals surface area contributed by atoms with Crippen LogP contribution in [0.25, 0.3) is 0 Å². The van der Waals surface area contributed by atoms with Crippen molar-refractivity contribution in [2.45, 2.75) is 13.0 Å². The maximum atomic E-state index is 5.98. The van der Waals surface area contributed by atoms with Crippen LogP contribution in [-0.2, 0) is 0 Å². The quantitative estimate of drug-likeness (QED) is 0.734. The first kappa shape index (κ1) is 12.3. The number of nitrogens with zero attached hydrogens (tertiary/aromatic N) is 1. The normalized spacial score (nSPS) is 12.9. The highest BCUT2D eigenvalue weighted by molar-refractivity contribution is 6.18. The number of halogens is 1. The van der Waals surface area contributed by atoms with Crippen LogP contribution in [0.1, 0.15) is 17.2 Å². The van der Waals surface area contributed by atoms with Crippen LogP contribution in [0.2, 0.25) is 0 Å². The standard InChI is InChI=1S/C12H18ClNO/c1-9-5-6-12(15-4)10(7-9)11(8-13)14(2)3/h5-7,11H,8H2,1-4H3. The van der Waals surface area contributed by atoms with E-state index in [1.807, 2.05) is 26.2 Å². The summed E-state index contributed by atoms with van der Waals surface area (Å²) in [6.45, 7) is 2.07. The fourth-order valence-electron chi connectivity index (χ4n) is 1.61. The van der Waals surface area contributed by atoms with E-state index in [9.17, 15) is 0 Å². The Kier molecular flexibility index (Phi) is 4.43. The Morgan fingerprint density at radius 1 is 1.40 bits per heavy atom. The number of ether oxygens (including phenoxy) is 1. The number of hydrogen-bond acceptors (Lipinski definition) is 2. The molecule has 84 valence electrons. The van der Waals surface area contributed by atoms with E-state index in [2.05, 4.69) is 17.9 Å². The Morgan fingerprint density at radius 3 is 2.53 bits per heavy atom. The first-order valence-corrected chi connectivity index (χ1v) is 5.50. The van der Waals surface area contributed by atoms with Crippen molar-refractivity contribution in [3.8, 4) is 5.75 Å². The largest absolute Gasteiger partial charge is 0.496 e. The van der Waals surface area contributed by atoms with Gasteiger partial charge < -0.3 is 9.64 Å². The van der Waals surface area contributed by atoms with E-state index in [0.717, 1.165) is 11.3 Å². The van der Waals surface area contributed by atoms with Crippen molar-refractivity contribution in [1.82, 2.24) is 4.90 Å². The van der Waals surface area contributed by atoms with Crippen LogP contribution in [0, 0.1) is 6.92 Å².